The minimum absolute atomic E-state index is 0.0192. The molecule has 0 radical (unpaired) electrons. The number of carboxylic acids is 1. The van der Waals surface area contributed by atoms with Gasteiger partial charge in [0.05, 0.1) is 12.8 Å². The Hall–Kier alpha value is -2.35. The first-order valence-electron chi connectivity index (χ1n) is 5.75. The number of rotatable bonds is 7. The van der Waals surface area contributed by atoms with Crippen molar-refractivity contribution < 1.29 is 19.7 Å². The lowest BCUT2D eigenvalue weighted by Gasteiger charge is -2.07. The molecule has 1 rings (SSSR count). The van der Waals surface area contributed by atoms with Crippen molar-refractivity contribution in [1.29, 1.82) is 0 Å². The van der Waals surface area contributed by atoms with Crippen molar-refractivity contribution >= 4 is 29.5 Å². The van der Waals surface area contributed by atoms with Crippen molar-refractivity contribution in [3.8, 4) is 11.5 Å². The summed E-state index contributed by atoms with van der Waals surface area (Å²) in [5.41, 5.74) is 8.02. The van der Waals surface area contributed by atoms with E-state index >= 15 is 0 Å². The number of hydrazone groups is 1. The first kappa shape index (κ1) is 15.7. The third-order valence-corrected chi connectivity index (χ3v) is 2.28. The van der Waals surface area contributed by atoms with Gasteiger partial charge in [-0.1, -0.05) is 0 Å². The topological polar surface area (TPSA) is 117 Å². The summed E-state index contributed by atoms with van der Waals surface area (Å²) in [4.78, 5) is 10.3. The number of phenols is 1. The van der Waals surface area contributed by atoms with Crippen LogP contribution in [-0.4, -0.2) is 34.1 Å². The number of nitrogens with zero attached hydrogens (tertiary/aromatic N) is 1. The monoisotopic (exact) mass is 297 g/mol. The minimum atomic E-state index is -0.867. The molecular formula is C12H15N3O4S. The molecule has 0 saturated carbocycles. The van der Waals surface area contributed by atoms with Gasteiger partial charge in [-0.2, -0.15) is 5.10 Å². The quantitative estimate of drug-likeness (QED) is 0.254. The summed E-state index contributed by atoms with van der Waals surface area (Å²) < 4.78 is 5.31. The van der Waals surface area contributed by atoms with Crippen LogP contribution in [0.1, 0.15) is 18.4 Å². The normalized spacial score (nSPS) is 10.4. The molecule has 0 aliphatic rings. The Kier molecular flexibility index (Phi) is 6.24. The van der Waals surface area contributed by atoms with Gasteiger partial charge in [0.2, 0.25) is 0 Å². The molecule has 5 N–H and O–H groups in total. The molecule has 0 unspecified atom stereocenters. The fourth-order valence-corrected chi connectivity index (χ4v) is 1.35. The van der Waals surface area contributed by atoms with E-state index in [0.717, 1.165) is 0 Å². The van der Waals surface area contributed by atoms with E-state index in [1.807, 2.05) is 0 Å². The van der Waals surface area contributed by atoms with Crippen LogP contribution < -0.4 is 15.9 Å². The Bertz CT molecular complexity index is 519. The standard InChI is InChI=1S/C12H15N3O4S/c13-12(20)15-14-7-8-3-4-9(6-10(8)16)19-5-1-2-11(17)18/h3-4,6-7,16H,1-2,5H2,(H,17,18)(H3,13,15,20)/b14-7+. The zero-order chi connectivity index (χ0) is 15.0. The molecule has 0 aliphatic heterocycles. The number of carbonyl (C=O) groups is 1. The zero-order valence-corrected chi connectivity index (χ0v) is 11.4. The van der Waals surface area contributed by atoms with Crippen LogP contribution in [-0.2, 0) is 4.79 Å². The maximum absolute atomic E-state index is 10.3. The molecule has 0 spiro atoms. The highest BCUT2D eigenvalue weighted by atomic mass is 32.1. The fourth-order valence-electron chi connectivity index (χ4n) is 1.30. The number of aromatic hydroxyl groups is 1. The molecule has 20 heavy (non-hydrogen) atoms. The van der Waals surface area contributed by atoms with Gasteiger partial charge >= 0.3 is 5.97 Å². The summed E-state index contributed by atoms with van der Waals surface area (Å²) in [5, 5.41) is 22.0. The molecule has 0 heterocycles. The molecule has 7 nitrogen and oxygen atoms in total. The van der Waals surface area contributed by atoms with E-state index in [4.69, 9.17) is 15.6 Å². The summed E-state index contributed by atoms with van der Waals surface area (Å²) in [6.07, 6.45) is 1.81. The highest BCUT2D eigenvalue weighted by Gasteiger charge is 2.02. The number of phenolic OH excluding ortho intramolecular Hbond substituents is 1. The molecule has 8 heteroatoms. The second-order valence-electron chi connectivity index (χ2n) is 3.80. The maximum Gasteiger partial charge on any atom is 0.303 e. The van der Waals surface area contributed by atoms with Crippen LogP contribution in [0.3, 0.4) is 0 Å². The van der Waals surface area contributed by atoms with Gasteiger partial charge in [0, 0.05) is 18.1 Å². The van der Waals surface area contributed by atoms with E-state index in [1.165, 1.54) is 12.3 Å². The summed E-state index contributed by atoms with van der Waals surface area (Å²) in [7, 11) is 0. The van der Waals surface area contributed by atoms with Crippen molar-refractivity contribution in [2.45, 2.75) is 12.8 Å². The second-order valence-corrected chi connectivity index (χ2v) is 4.24. The van der Waals surface area contributed by atoms with E-state index in [1.54, 1.807) is 12.1 Å². The van der Waals surface area contributed by atoms with E-state index in [9.17, 15) is 9.90 Å². The number of nitrogens with two attached hydrogens (primary N) is 1. The highest BCUT2D eigenvalue weighted by molar-refractivity contribution is 7.80. The lowest BCUT2D eigenvalue weighted by atomic mass is 10.2. The average Bonchev–Trinajstić information content (AvgIpc) is 2.36. The van der Waals surface area contributed by atoms with Crippen LogP contribution in [0, 0.1) is 0 Å². The Labute approximate surface area is 121 Å². The predicted octanol–water partition coefficient (Wildman–Crippen LogP) is 0.803. The van der Waals surface area contributed by atoms with Crippen LogP contribution >= 0.6 is 12.2 Å². The molecule has 0 saturated heterocycles. The zero-order valence-electron chi connectivity index (χ0n) is 10.6. The van der Waals surface area contributed by atoms with Crippen LogP contribution in [0.25, 0.3) is 0 Å². The Morgan fingerprint density at radius 3 is 2.90 bits per heavy atom. The third kappa shape index (κ3) is 6.01. The fraction of sp³-hybridized carbons (Fsp3) is 0.250. The first-order valence-corrected chi connectivity index (χ1v) is 6.16. The number of nitrogens with one attached hydrogen (secondary N) is 1. The van der Waals surface area contributed by atoms with Crippen LogP contribution in [0.4, 0.5) is 0 Å². The molecule has 0 atom stereocenters. The van der Waals surface area contributed by atoms with Gasteiger partial charge in [-0.15, -0.1) is 0 Å². The van der Waals surface area contributed by atoms with Crippen molar-refractivity contribution in [2.24, 2.45) is 10.8 Å². The number of hydrogen-bond donors (Lipinski definition) is 4. The number of ether oxygens (including phenoxy) is 1. The summed E-state index contributed by atoms with van der Waals surface area (Å²) in [5.74, 6) is -0.435. The summed E-state index contributed by atoms with van der Waals surface area (Å²) in [6, 6.07) is 4.66. The van der Waals surface area contributed by atoms with Crippen molar-refractivity contribution in [3.63, 3.8) is 0 Å². The molecule has 1 aromatic carbocycles. The van der Waals surface area contributed by atoms with Gasteiger partial charge < -0.3 is 20.7 Å². The predicted molar refractivity (Wildman–Crippen MR) is 78.0 cm³/mol. The molecule has 0 aromatic heterocycles. The van der Waals surface area contributed by atoms with E-state index in [0.29, 0.717) is 17.7 Å². The Morgan fingerprint density at radius 2 is 2.30 bits per heavy atom. The Balaban J connectivity index is 2.52. The molecule has 1 aromatic rings. The lowest BCUT2D eigenvalue weighted by Crippen LogP contribution is -2.23. The molecule has 108 valence electrons. The van der Waals surface area contributed by atoms with Gasteiger partial charge in [-0.05, 0) is 30.8 Å². The smallest absolute Gasteiger partial charge is 0.303 e. The third-order valence-electron chi connectivity index (χ3n) is 2.18. The van der Waals surface area contributed by atoms with Gasteiger partial charge in [0.15, 0.2) is 5.11 Å². The van der Waals surface area contributed by atoms with Crippen molar-refractivity contribution in [2.75, 3.05) is 6.61 Å². The number of aliphatic carboxylic acids is 1. The largest absolute Gasteiger partial charge is 0.507 e. The van der Waals surface area contributed by atoms with Crippen molar-refractivity contribution in [3.05, 3.63) is 23.8 Å². The molecule has 0 fully saturated rings. The summed E-state index contributed by atoms with van der Waals surface area (Å²) in [6.45, 7) is 0.266. The number of benzene rings is 1. The molecule has 0 aliphatic carbocycles. The van der Waals surface area contributed by atoms with Gasteiger partial charge in [-0.25, -0.2) is 0 Å². The minimum Gasteiger partial charge on any atom is -0.507 e. The van der Waals surface area contributed by atoms with Crippen LogP contribution in [0.2, 0.25) is 0 Å². The second kappa shape index (κ2) is 7.95. The highest BCUT2D eigenvalue weighted by Crippen LogP contribution is 2.22. The maximum atomic E-state index is 10.3. The summed E-state index contributed by atoms with van der Waals surface area (Å²) >= 11 is 4.57. The van der Waals surface area contributed by atoms with Crippen LogP contribution in [0.5, 0.6) is 11.5 Å². The average molecular weight is 297 g/mol. The first-order chi connectivity index (χ1) is 9.49. The molecule has 0 amide bonds. The SMILES string of the molecule is NC(=S)N/N=C/c1ccc(OCCCC(=O)O)cc1O. The molecule has 0 bridgehead atoms. The van der Waals surface area contributed by atoms with Gasteiger partial charge in [0.25, 0.3) is 0 Å². The van der Waals surface area contributed by atoms with Gasteiger partial charge in [0.1, 0.15) is 11.5 Å². The van der Waals surface area contributed by atoms with E-state index in [2.05, 4.69) is 22.7 Å². The number of hydrogen-bond acceptors (Lipinski definition) is 5. The van der Waals surface area contributed by atoms with E-state index < -0.39 is 5.97 Å². The number of carboxylic acid groups (broad SMARTS) is 1. The number of thiocarbonyl (C=S) groups is 1. The van der Waals surface area contributed by atoms with Crippen molar-refractivity contribution in [1.82, 2.24) is 5.43 Å². The van der Waals surface area contributed by atoms with Gasteiger partial charge in [-0.3, -0.25) is 10.2 Å². The van der Waals surface area contributed by atoms with E-state index in [-0.39, 0.29) is 23.9 Å². The van der Waals surface area contributed by atoms with Crippen LogP contribution in [0.15, 0.2) is 23.3 Å². The lowest BCUT2D eigenvalue weighted by molar-refractivity contribution is -0.137. The Morgan fingerprint density at radius 1 is 1.55 bits per heavy atom. The molecular weight excluding hydrogens is 282 g/mol.